The van der Waals surface area contributed by atoms with E-state index in [0.717, 1.165) is 24.7 Å². The second kappa shape index (κ2) is 10.7. The number of hydrogen-bond donors (Lipinski definition) is 1. The number of methoxy groups -OCH3 is 2. The lowest BCUT2D eigenvalue weighted by Crippen LogP contribution is -2.45. The van der Waals surface area contributed by atoms with Crippen molar-refractivity contribution < 1.29 is 14.3 Å². The molecule has 1 aliphatic heterocycles. The third-order valence-electron chi connectivity index (χ3n) is 6.64. The maximum Gasteiger partial charge on any atom is 0.255 e. The van der Waals surface area contributed by atoms with Crippen LogP contribution in [0.3, 0.4) is 0 Å². The quantitative estimate of drug-likeness (QED) is 0.537. The first-order valence-electron chi connectivity index (χ1n) is 11.9. The zero-order valence-electron chi connectivity index (χ0n) is 20.5. The van der Waals surface area contributed by atoms with E-state index in [4.69, 9.17) is 14.6 Å². The van der Waals surface area contributed by atoms with Crippen molar-refractivity contribution in [2.45, 2.75) is 32.7 Å². The molecule has 34 heavy (non-hydrogen) atoms. The van der Waals surface area contributed by atoms with Crippen LogP contribution in [-0.4, -0.2) is 60.5 Å². The second-order valence-electron chi connectivity index (χ2n) is 9.02. The summed E-state index contributed by atoms with van der Waals surface area (Å²) >= 11 is 0. The van der Waals surface area contributed by atoms with Gasteiger partial charge in [-0.05, 0) is 69.1 Å². The van der Waals surface area contributed by atoms with Gasteiger partial charge in [-0.3, -0.25) is 9.69 Å². The number of likely N-dealkylation sites (tertiary alicyclic amines) is 1. The number of benzene rings is 2. The Morgan fingerprint density at radius 1 is 1.12 bits per heavy atom. The first kappa shape index (κ1) is 23.8. The van der Waals surface area contributed by atoms with Gasteiger partial charge in [0.1, 0.15) is 17.2 Å². The summed E-state index contributed by atoms with van der Waals surface area (Å²) in [6.45, 7) is 7.23. The maximum absolute atomic E-state index is 13.4. The van der Waals surface area contributed by atoms with Crippen LogP contribution in [0.15, 0.2) is 54.7 Å². The highest BCUT2D eigenvalue weighted by Gasteiger charge is 2.24. The van der Waals surface area contributed by atoms with Gasteiger partial charge in [0.05, 0.1) is 25.5 Å². The van der Waals surface area contributed by atoms with Gasteiger partial charge in [-0.2, -0.15) is 5.10 Å². The summed E-state index contributed by atoms with van der Waals surface area (Å²) in [5.41, 5.74) is 2.63. The number of nitrogens with zero attached hydrogens (tertiary/aromatic N) is 3. The fourth-order valence-electron chi connectivity index (χ4n) is 4.39. The molecule has 0 bridgehead atoms. The molecule has 0 aliphatic carbocycles. The molecule has 7 nitrogen and oxygen atoms in total. The molecule has 1 saturated heterocycles. The predicted octanol–water partition coefficient (Wildman–Crippen LogP) is 4.41. The molecule has 1 fully saturated rings. The van der Waals surface area contributed by atoms with E-state index in [1.807, 2.05) is 48.5 Å². The lowest BCUT2D eigenvalue weighted by Gasteiger charge is -2.35. The van der Waals surface area contributed by atoms with Gasteiger partial charge in [0.2, 0.25) is 0 Å². The molecule has 2 aromatic carbocycles. The molecular weight excluding hydrogens is 428 g/mol. The molecule has 4 rings (SSSR count). The van der Waals surface area contributed by atoms with Gasteiger partial charge >= 0.3 is 0 Å². The summed E-state index contributed by atoms with van der Waals surface area (Å²) in [5.74, 6) is 1.93. The molecule has 0 spiro atoms. The monoisotopic (exact) mass is 462 g/mol. The molecular formula is C27H34N4O3. The SMILES string of the molecule is COc1ccc(OC)c(-c2nn(-c3ccccc3)cc2C(=O)NCC(C)N2CCC(C)CC2)c1. The Balaban J connectivity index is 1.63. The molecule has 7 heteroatoms. The summed E-state index contributed by atoms with van der Waals surface area (Å²) < 4.78 is 12.8. The average Bonchev–Trinajstić information content (AvgIpc) is 3.33. The van der Waals surface area contributed by atoms with E-state index in [9.17, 15) is 4.79 Å². The predicted molar refractivity (Wildman–Crippen MR) is 134 cm³/mol. The summed E-state index contributed by atoms with van der Waals surface area (Å²) in [7, 11) is 3.23. The third-order valence-corrected chi connectivity index (χ3v) is 6.64. The van der Waals surface area contributed by atoms with Gasteiger partial charge in [0.25, 0.3) is 5.91 Å². The van der Waals surface area contributed by atoms with Crippen LogP contribution in [-0.2, 0) is 0 Å². The zero-order chi connectivity index (χ0) is 24.1. The number of piperidine rings is 1. The van der Waals surface area contributed by atoms with E-state index >= 15 is 0 Å². The average molecular weight is 463 g/mol. The number of hydrogen-bond acceptors (Lipinski definition) is 5. The number of amides is 1. The first-order chi connectivity index (χ1) is 16.5. The third kappa shape index (κ3) is 5.25. The van der Waals surface area contributed by atoms with E-state index in [-0.39, 0.29) is 11.9 Å². The van der Waals surface area contributed by atoms with Gasteiger partial charge in [-0.1, -0.05) is 25.1 Å². The molecule has 2 heterocycles. The van der Waals surface area contributed by atoms with E-state index in [0.29, 0.717) is 34.9 Å². The number of aromatic nitrogens is 2. The van der Waals surface area contributed by atoms with Crippen molar-refractivity contribution in [2.24, 2.45) is 5.92 Å². The molecule has 0 saturated carbocycles. The number of para-hydroxylation sites is 1. The number of carbonyl (C=O) groups is 1. The molecule has 1 amide bonds. The molecule has 1 aliphatic rings. The number of ether oxygens (including phenoxy) is 2. The largest absolute Gasteiger partial charge is 0.497 e. The van der Waals surface area contributed by atoms with Crippen LogP contribution in [0.4, 0.5) is 0 Å². The van der Waals surface area contributed by atoms with E-state index in [1.165, 1.54) is 12.8 Å². The van der Waals surface area contributed by atoms with Crippen molar-refractivity contribution >= 4 is 5.91 Å². The van der Waals surface area contributed by atoms with Gasteiger partial charge in [-0.25, -0.2) is 4.68 Å². The van der Waals surface area contributed by atoms with Crippen molar-refractivity contribution in [3.05, 3.63) is 60.3 Å². The second-order valence-corrected chi connectivity index (χ2v) is 9.02. The van der Waals surface area contributed by atoms with Gasteiger partial charge in [0, 0.05) is 24.3 Å². The molecule has 1 N–H and O–H groups in total. The minimum atomic E-state index is -0.153. The standard InChI is InChI=1S/C27H34N4O3/c1-19-12-14-30(15-13-19)20(2)17-28-27(32)24-18-31(21-8-6-5-7-9-21)29-26(24)23-16-22(33-3)10-11-25(23)34-4/h5-11,16,18-20H,12-15,17H2,1-4H3,(H,28,32). The van der Waals surface area contributed by atoms with Crippen molar-refractivity contribution in [2.75, 3.05) is 33.9 Å². The van der Waals surface area contributed by atoms with Crippen molar-refractivity contribution in [3.8, 4) is 28.4 Å². The molecule has 1 unspecified atom stereocenters. The lowest BCUT2D eigenvalue weighted by molar-refractivity contribution is 0.0922. The molecule has 3 aromatic rings. The van der Waals surface area contributed by atoms with Crippen molar-refractivity contribution in [3.63, 3.8) is 0 Å². The topological polar surface area (TPSA) is 68.6 Å². The fraction of sp³-hybridized carbons (Fsp3) is 0.407. The van der Waals surface area contributed by atoms with E-state index < -0.39 is 0 Å². The van der Waals surface area contributed by atoms with Crippen LogP contribution in [0.1, 0.15) is 37.0 Å². The van der Waals surface area contributed by atoms with E-state index in [2.05, 4.69) is 24.1 Å². The van der Waals surface area contributed by atoms with Crippen LogP contribution >= 0.6 is 0 Å². The van der Waals surface area contributed by atoms with E-state index in [1.54, 1.807) is 25.1 Å². The van der Waals surface area contributed by atoms with Gasteiger partial charge < -0.3 is 14.8 Å². The van der Waals surface area contributed by atoms with Crippen molar-refractivity contribution in [1.82, 2.24) is 20.0 Å². The minimum absolute atomic E-state index is 0.153. The van der Waals surface area contributed by atoms with Crippen LogP contribution in [0, 0.1) is 5.92 Å². The van der Waals surface area contributed by atoms with Crippen LogP contribution < -0.4 is 14.8 Å². The molecule has 1 aromatic heterocycles. The van der Waals surface area contributed by atoms with Crippen LogP contribution in [0.2, 0.25) is 0 Å². The zero-order valence-corrected chi connectivity index (χ0v) is 20.5. The Morgan fingerprint density at radius 2 is 1.85 bits per heavy atom. The Kier molecular flexibility index (Phi) is 7.53. The number of carbonyl (C=O) groups excluding carboxylic acids is 1. The maximum atomic E-state index is 13.4. The Bertz CT molecular complexity index is 1100. The normalized spacial score (nSPS) is 15.6. The number of nitrogens with one attached hydrogen (secondary N) is 1. The Morgan fingerprint density at radius 3 is 2.53 bits per heavy atom. The lowest BCUT2D eigenvalue weighted by atomic mass is 9.98. The summed E-state index contributed by atoms with van der Waals surface area (Å²) in [6.07, 6.45) is 4.20. The molecule has 180 valence electrons. The Hall–Kier alpha value is -3.32. The van der Waals surface area contributed by atoms with Gasteiger partial charge in [-0.15, -0.1) is 0 Å². The summed E-state index contributed by atoms with van der Waals surface area (Å²) in [6, 6.07) is 15.6. The smallest absolute Gasteiger partial charge is 0.255 e. The van der Waals surface area contributed by atoms with Crippen molar-refractivity contribution in [1.29, 1.82) is 0 Å². The summed E-state index contributed by atoms with van der Waals surface area (Å²) in [4.78, 5) is 15.9. The highest BCUT2D eigenvalue weighted by atomic mass is 16.5. The number of rotatable bonds is 8. The van der Waals surface area contributed by atoms with Gasteiger partial charge in [0.15, 0.2) is 0 Å². The first-order valence-corrected chi connectivity index (χ1v) is 11.9. The minimum Gasteiger partial charge on any atom is -0.497 e. The van der Waals surface area contributed by atoms with Crippen LogP contribution in [0.25, 0.3) is 16.9 Å². The fourth-order valence-corrected chi connectivity index (χ4v) is 4.39. The summed E-state index contributed by atoms with van der Waals surface area (Å²) in [5, 5.41) is 7.93. The highest BCUT2D eigenvalue weighted by molar-refractivity contribution is 6.00. The van der Waals surface area contributed by atoms with Crippen LogP contribution in [0.5, 0.6) is 11.5 Å². The Labute approximate surface area is 201 Å². The molecule has 0 radical (unpaired) electrons. The highest BCUT2D eigenvalue weighted by Crippen LogP contribution is 2.35. The molecule has 1 atom stereocenters.